The van der Waals surface area contributed by atoms with Crippen LogP contribution < -0.4 is 11.5 Å². The van der Waals surface area contributed by atoms with E-state index in [0.29, 0.717) is 5.56 Å². The number of hydrogen-bond acceptors (Lipinski definition) is 6. The number of rotatable bonds is 5. The van der Waals surface area contributed by atoms with Gasteiger partial charge in [0, 0.05) is 22.1 Å². The third kappa shape index (κ3) is 4.04. The van der Waals surface area contributed by atoms with Crippen molar-refractivity contribution in [3.63, 3.8) is 0 Å². The molecule has 3 rings (SSSR count). The van der Waals surface area contributed by atoms with Gasteiger partial charge in [0.25, 0.3) is 0 Å². The van der Waals surface area contributed by atoms with Crippen LogP contribution in [0.3, 0.4) is 0 Å². The van der Waals surface area contributed by atoms with Crippen molar-refractivity contribution in [2.24, 2.45) is 11.5 Å². The first-order valence-electron chi connectivity index (χ1n) is 6.92. The Morgan fingerprint density at radius 2 is 1.92 bits per heavy atom. The van der Waals surface area contributed by atoms with E-state index in [1.807, 2.05) is 42.0 Å². The number of nitrogens with one attached hydrogen (secondary N) is 2. The topological polar surface area (TPSA) is 113 Å². The highest BCUT2D eigenvalue weighted by atomic mass is 35.5. The van der Waals surface area contributed by atoms with Crippen LogP contribution in [0.5, 0.6) is 0 Å². The molecule has 0 aliphatic heterocycles. The second kappa shape index (κ2) is 8.01. The minimum absolute atomic E-state index is 0. The van der Waals surface area contributed by atoms with Crippen LogP contribution in [0.1, 0.15) is 10.4 Å². The molecule has 0 aliphatic rings. The lowest BCUT2D eigenvalue weighted by molar-refractivity contribution is 1.38. The molecule has 0 radical (unpaired) electrons. The van der Waals surface area contributed by atoms with Crippen LogP contribution in [0, 0.1) is 10.8 Å². The maximum Gasteiger partial charge on any atom is 0.133 e. The standard InChI is InChI=1S/C16H15N5S3.ClH/c1-22-16-10(6-12(24-16)14(19)20)15-21-11(7-23-15)8-3-2-4-9(5-8)13(17)18;/h2-7H,1H3,(H3,17,18)(H3,19,20);1H. The van der Waals surface area contributed by atoms with Crippen LogP contribution in [-0.2, 0) is 0 Å². The van der Waals surface area contributed by atoms with Gasteiger partial charge in [-0.1, -0.05) is 18.2 Å². The zero-order valence-electron chi connectivity index (χ0n) is 13.2. The van der Waals surface area contributed by atoms with E-state index in [2.05, 4.69) is 0 Å². The molecule has 25 heavy (non-hydrogen) atoms. The van der Waals surface area contributed by atoms with E-state index in [-0.39, 0.29) is 24.1 Å². The van der Waals surface area contributed by atoms with Crippen molar-refractivity contribution < 1.29 is 0 Å². The minimum atomic E-state index is 0. The number of thioether (sulfide) groups is 1. The smallest absolute Gasteiger partial charge is 0.133 e. The molecule has 0 saturated carbocycles. The average Bonchev–Trinajstić information content (AvgIpc) is 3.21. The molecule has 9 heteroatoms. The summed E-state index contributed by atoms with van der Waals surface area (Å²) in [7, 11) is 0. The van der Waals surface area contributed by atoms with Gasteiger partial charge in [-0.2, -0.15) is 0 Å². The second-order valence-electron chi connectivity index (χ2n) is 4.96. The molecule has 2 aromatic heterocycles. The van der Waals surface area contributed by atoms with Crippen molar-refractivity contribution >= 4 is 58.5 Å². The van der Waals surface area contributed by atoms with Gasteiger partial charge in [0.2, 0.25) is 0 Å². The zero-order valence-corrected chi connectivity index (χ0v) is 16.5. The Hall–Kier alpha value is -1.87. The molecule has 3 aromatic rings. The monoisotopic (exact) mass is 409 g/mol. The summed E-state index contributed by atoms with van der Waals surface area (Å²) in [4.78, 5) is 5.48. The van der Waals surface area contributed by atoms with Crippen molar-refractivity contribution in [2.75, 3.05) is 6.26 Å². The summed E-state index contributed by atoms with van der Waals surface area (Å²) in [6.45, 7) is 0. The summed E-state index contributed by atoms with van der Waals surface area (Å²) in [5.41, 5.74) is 14.6. The molecule has 0 aliphatic carbocycles. The highest BCUT2D eigenvalue weighted by Gasteiger charge is 2.16. The Labute approximate surface area is 163 Å². The average molecular weight is 410 g/mol. The van der Waals surface area contributed by atoms with Crippen molar-refractivity contribution in [3.8, 4) is 21.8 Å². The van der Waals surface area contributed by atoms with Gasteiger partial charge >= 0.3 is 0 Å². The Kier molecular flexibility index (Phi) is 6.23. The molecular formula is C16H16ClN5S3. The molecule has 6 N–H and O–H groups in total. The van der Waals surface area contributed by atoms with E-state index in [1.165, 1.54) is 11.3 Å². The maximum atomic E-state index is 7.62. The number of amidine groups is 2. The third-order valence-electron chi connectivity index (χ3n) is 3.35. The van der Waals surface area contributed by atoms with Crippen LogP contribution in [0.2, 0.25) is 0 Å². The molecule has 0 amide bonds. The van der Waals surface area contributed by atoms with E-state index in [1.54, 1.807) is 23.1 Å². The molecule has 0 atom stereocenters. The number of nitrogens with two attached hydrogens (primary N) is 2. The molecule has 130 valence electrons. The predicted octanol–water partition coefficient (Wildman–Crippen LogP) is 4.25. The number of thiazole rings is 1. The summed E-state index contributed by atoms with van der Waals surface area (Å²) in [5, 5.41) is 18.1. The van der Waals surface area contributed by atoms with Crippen LogP contribution in [0.15, 0.2) is 39.9 Å². The number of halogens is 1. The first-order chi connectivity index (χ1) is 11.5. The molecule has 1 aromatic carbocycles. The SMILES string of the molecule is CSc1sc(C(=N)N)cc1-c1nc(-c2cccc(C(=N)N)c2)cs1.Cl. The van der Waals surface area contributed by atoms with Crippen molar-refractivity contribution in [1.82, 2.24) is 4.98 Å². The Morgan fingerprint density at radius 1 is 1.16 bits per heavy atom. The quantitative estimate of drug-likeness (QED) is 0.286. The van der Waals surface area contributed by atoms with E-state index in [0.717, 1.165) is 30.9 Å². The molecule has 0 saturated heterocycles. The van der Waals surface area contributed by atoms with Crippen LogP contribution in [-0.4, -0.2) is 22.9 Å². The van der Waals surface area contributed by atoms with Gasteiger partial charge in [-0.05, 0) is 18.4 Å². The second-order valence-corrected chi connectivity index (χ2v) is 7.95. The van der Waals surface area contributed by atoms with Gasteiger partial charge in [-0.25, -0.2) is 4.98 Å². The van der Waals surface area contributed by atoms with E-state index in [9.17, 15) is 0 Å². The number of nitrogens with zero attached hydrogens (tertiary/aromatic N) is 1. The summed E-state index contributed by atoms with van der Waals surface area (Å²) in [6, 6.07) is 9.42. The summed E-state index contributed by atoms with van der Waals surface area (Å²) < 4.78 is 1.10. The molecular weight excluding hydrogens is 394 g/mol. The fourth-order valence-corrected chi connectivity index (χ4v) is 4.89. The minimum Gasteiger partial charge on any atom is -0.384 e. The van der Waals surface area contributed by atoms with Crippen molar-refractivity contribution in [1.29, 1.82) is 10.8 Å². The molecule has 5 nitrogen and oxygen atoms in total. The van der Waals surface area contributed by atoms with Crippen LogP contribution in [0.4, 0.5) is 0 Å². The highest BCUT2D eigenvalue weighted by molar-refractivity contribution is 8.00. The number of thiophene rings is 1. The van der Waals surface area contributed by atoms with Gasteiger partial charge in [0.05, 0.1) is 14.8 Å². The number of nitrogen functional groups attached to an aromatic ring is 2. The largest absolute Gasteiger partial charge is 0.384 e. The van der Waals surface area contributed by atoms with Crippen LogP contribution >= 0.6 is 46.8 Å². The van der Waals surface area contributed by atoms with Crippen molar-refractivity contribution in [2.45, 2.75) is 4.21 Å². The summed E-state index contributed by atoms with van der Waals surface area (Å²) in [6.07, 6.45) is 2.00. The summed E-state index contributed by atoms with van der Waals surface area (Å²) in [5.74, 6) is 0.119. The number of aromatic nitrogens is 1. The molecule has 0 spiro atoms. The Balaban J connectivity index is 0.00000225. The van der Waals surface area contributed by atoms with Gasteiger partial charge in [0.15, 0.2) is 0 Å². The highest BCUT2D eigenvalue weighted by Crippen LogP contribution is 2.40. The predicted molar refractivity (Wildman–Crippen MR) is 112 cm³/mol. The third-order valence-corrected chi connectivity index (χ3v) is 6.53. The van der Waals surface area contributed by atoms with E-state index >= 15 is 0 Å². The fraction of sp³-hybridized carbons (Fsp3) is 0.0625. The molecule has 2 heterocycles. The fourth-order valence-electron chi connectivity index (χ4n) is 2.18. The number of hydrogen-bond donors (Lipinski definition) is 4. The lowest BCUT2D eigenvalue weighted by Gasteiger charge is -2.01. The van der Waals surface area contributed by atoms with E-state index in [4.69, 9.17) is 27.3 Å². The first-order valence-corrected chi connectivity index (χ1v) is 9.84. The summed E-state index contributed by atoms with van der Waals surface area (Å²) >= 11 is 4.69. The number of benzene rings is 1. The van der Waals surface area contributed by atoms with Crippen LogP contribution in [0.25, 0.3) is 21.8 Å². The lowest BCUT2D eigenvalue weighted by Crippen LogP contribution is -2.10. The zero-order chi connectivity index (χ0) is 17.3. The maximum absolute atomic E-state index is 7.62. The van der Waals surface area contributed by atoms with Gasteiger partial charge in [-0.15, -0.1) is 46.8 Å². The molecule has 0 bridgehead atoms. The van der Waals surface area contributed by atoms with Gasteiger partial charge in [0.1, 0.15) is 16.7 Å². The molecule has 0 unspecified atom stereocenters. The van der Waals surface area contributed by atoms with E-state index < -0.39 is 0 Å². The normalized spacial score (nSPS) is 10.3. The Morgan fingerprint density at radius 3 is 2.56 bits per heavy atom. The Bertz CT molecular complexity index is 932. The first kappa shape index (κ1) is 19.5. The van der Waals surface area contributed by atoms with Crippen molar-refractivity contribution in [3.05, 3.63) is 46.2 Å². The van der Waals surface area contributed by atoms with Gasteiger partial charge in [-0.3, -0.25) is 10.8 Å². The lowest BCUT2D eigenvalue weighted by atomic mass is 10.1. The van der Waals surface area contributed by atoms with Gasteiger partial charge < -0.3 is 11.5 Å². The molecule has 0 fully saturated rings.